The lowest BCUT2D eigenvalue weighted by atomic mass is 9.95. The number of fused-ring (bicyclic) bond motifs is 5. The molecular formula is C29H30F3N7OS. The molecule has 8 nitrogen and oxygen atoms in total. The zero-order valence-corrected chi connectivity index (χ0v) is 23.2. The lowest BCUT2D eigenvalue weighted by Gasteiger charge is -2.34. The summed E-state index contributed by atoms with van der Waals surface area (Å²) < 4.78 is 51.3. The number of anilines is 2. The highest BCUT2D eigenvalue weighted by Crippen LogP contribution is 2.42. The van der Waals surface area contributed by atoms with Crippen LogP contribution in [0.25, 0.3) is 32.2 Å². The average molecular weight is 582 g/mol. The monoisotopic (exact) mass is 581 g/mol. The predicted octanol–water partition coefficient (Wildman–Crippen LogP) is 4.66. The van der Waals surface area contributed by atoms with E-state index >= 15 is 4.39 Å². The number of nitrogen functional groups attached to an aromatic ring is 1. The van der Waals surface area contributed by atoms with Crippen LogP contribution < -0.4 is 20.7 Å². The van der Waals surface area contributed by atoms with Gasteiger partial charge in [0, 0.05) is 54.7 Å². The number of hydrogen-bond acceptors (Lipinski definition) is 9. The van der Waals surface area contributed by atoms with Gasteiger partial charge in [0.15, 0.2) is 5.13 Å². The molecule has 4 aliphatic heterocycles. The van der Waals surface area contributed by atoms with E-state index in [4.69, 9.17) is 20.4 Å². The van der Waals surface area contributed by atoms with Crippen LogP contribution in [0.15, 0.2) is 24.3 Å². The number of thiazole rings is 1. The molecule has 214 valence electrons. The van der Waals surface area contributed by atoms with Gasteiger partial charge in [-0.05, 0) is 56.5 Å². The fourth-order valence-electron chi connectivity index (χ4n) is 7.45. The molecule has 3 N–H and O–H groups in total. The molecule has 4 fully saturated rings. The molecule has 4 aliphatic rings. The van der Waals surface area contributed by atoms with E-state index in [2.05, 4.69) is 20.1 Å². The number of rotatable bonds is 5. The highest BCUT2D eigenvalue weighted by molar-refractivity contribution is 7.22. The average Bonchev–Trinajstić information content (AvgIpc) is 3.69. The minimum absolute atomic E-state index is 0.196. The Balaban J connectivity index is 1.23. The van der Waals surface area contributed by atoms with Crippen LogP contribution in [0.1, 0.15) is 32.1 Å². The number of benzene rings is 2. The van der Waals surface area contributed by atoms with Gasteiger partial charge in [0.1, 0.15) is 30.2 Å². The van der Waals surface area contributed by atoms with E-state index in [9.17, 15) is 8.78 Å². The van der Waals surface area contributed by atoms with Gasteiger partial charge in [-0.2, -0.15) is 9.97 Å². The van der Waals surface area contributed by atoms with Crippen molar-refractivity contribution in [2.24, 2.45) is 0 Å². The summed E-state index contributed by atoms with van der Waals surface area (Å²) >= 11 is 1.03. The maximum atomic E-state index is 15.9. The Hall–Kier alpha value is -3.22. The van der Waals surface area contributed by atoms with Crippen LogP contribution in [0, 0.1) is 11.6 Å². The Labute approximate surface area is 238 Å². The zero-order valence-electron chi connectivity index (χ0n) is 22.4. The summed E-state index contributed by atoms with van der Waals surface area (Å²) in [6.07, 6.45) is 3.65. The molecule has 8 rings (SSSR count). The van der Waals surface area contributed by atoms with Gasteiger partial charge in [0.25, 0.3) is 0 Å². The third kappa shape index (κ3) is 4.21. The summed E-state index contributed by atoms with van der Waals surface area (Å²) in [5, 5.41) is 4.43. The van der Waals surface area contributed by atoms with Crippen molar-refractivity contribution in [1.82, 2.24) is 25.2 Å². The van der Waals surface area contributed by atoms with E-state index in [-0.39, 0.29) is 26.9 Å². The van der Waals surface area contributed by atoms with Crippen molar-refractivity contribution in [3.8, 4) is 17.1 Å². The quantitative estimate of drug-likeness (QED) is 0.352. The number of aromatic nitrogens is 3. The number of nitrogens with zero attached hydrogens (tertiary/aromatic N) is 5. The van der Waals surface area contributed by atoms with E-state index in [1.165, 1.54) is 18.2 Å². The lowest BCUT2D eigenvalue weighted by Crippen LogP contribution is -2.51. The van der Waals surface area contributed by atoms with Crippen molar-refractivity contribution in [2.45, 2.75) is 55.9 Å². The van der Waals surface area contributed by atoms with E-state index in [1.54, 1.807) is 6.07 Å². The van der Waals surface area contributed by atoms with Crippen molar-refractivity contribution < 1.29 is 17.9 Å². The second-order valence-electron chi connectivity index (χ2n) is 11.9. The summed E-state index contributed by atoms with van der Waals surface area (Å²) in [6.45, 7) is 3.11. The summed E-state index contributed by atoms with van der Waals surface area (Å²) in [4.78, 5) is 18.2. The number of ether oxygens (including phenoxy) is 1. The molecule has 0 unspecified atom stereocenters. The summed E-state index contributed by atoms with van der Waals surface area (Å²) in [7, 11) is 0. The fourth-order valence-corrected chi connectivity index (χ4v) is 8.22. The largest absolute Gasteiger partial charge is 0.461 e. The van der Waals surface area contributed by atoms with Gasteiger partial charge in [-0.3, -0.25) is 4.90 Å². The van der Waals surface area contributed by atoms with Gasteiger partial charge in [0.2, 0.25) is 0 Å². The maximum Gasteiger partial charge on any atom is 0.319 e. The van der Waals surface area contributed by atoms with E-state index < -0.39 is 17.8 Å². The molecule has 6 heterocycles. The molecule has 12 heteroatoms. The third-order valence-corrected chi connectivity index (χ3v) is 10.2. The molecular weight excluding hydrogens is 551 g/mol. The summed E-state index contributed by atoms with van der Waals surface area (Å²) in [6, 6.07) is 6.84. The molecule has 2 bridgehead atoms. The molecule has 4 atom stereocenters. The molecule has 4 aromatic rings. The number of alkyl halides is 1. The highest BCUT2D eigenvalue weighted by Gasteiger charge is 2.49. The van der Waals surface area contributed by atoms with Crippen LogP contribution in [0.4, 0.5) is 24.1 Å². The Bertz CT molecular complexity index is 1670. The molecule has 2 aromatic heterocycles. The van der Waals surface area contributed by atoms with Gasteiger partial charge in [-0.25, -0.2) is 18.2 Å². The topological polar surface area (TPSA) is 92.4 Å². The minimum atomic E-state index is -0.860. The van der Waals surface area contributed by atoms with E-state index in [0.29, 0.717) is 59.5 Å². The molecule has 0 amide bonds. The van der Waals surface area contributed by atoms with Crippen molar-refractivity contribution in [3.05, 3.63) is 35.9 Å². The van der Waals surface area contributed by atoms with Gasteiger partial charge < -0.3 is 20.7 Å². The fraction of sp³-hybridized carbons (Fsp3) is 0.483. The van der Waals surface area contributed by atoms with Crippen LogP contribution in [-0.2, 0) is 0 Å². The lowest BCUT2D eigenvalue weighted by molar-refractivity contribution is 0.107. The molecule has 41 heavy (non-hydrogen) atoms. The Kier molecular flexibility index (Phi) is 5.84. The van der Waals surface area contributed by atoms with Crippen molar-refractivity contribution in [2.75, 3.05) is 43.4 Å². The molecule has 0 spiro atoms. The van der Waals surface area contributed by atoms with Crippen LogP contribution in [0.3, 0.4) is 0 Å². The van der Waals surface area contributed by atoms with Crippen molar-refractivity contribution >= 4 is 43.4 Å². The predicted molar refractivity (Wildman–Crippen MR) is 153 cm³/mol. The Morgan fingerprint density at radius 3 is 2.71 bits per heavy atom. The zero-order chi connectivity index (χ0) is 27.9. The summed E-state index contributed by atoms with van der Waals surface area (Å²) in [5.74, 6) is -0.295. The first-order valence-corrected chi connectivity index (χ1v) is 15.1. The number of nitrogens with two attached hydrogens (primary N) is 1. The summed E-state index contributed by atoms with van der Waals surface area (Å²) in [5.41, 5.74) is 7.07. The minimum Gasteiger partial charge on any atom is -0.461 e. The molecule has 0 radical (unpaired) electrons. The Morgan fingerprint density at radius 1 is 1.05 bits per heavy atom. The van der Waals surface area contributed by atoms with Crippen LogP contribution in [0.2, 0.25) is 0 Å². The number of nitrogens with one attached hydrogen (secondary N) is 1. The van der Waals surface area contributed by atoms with Gasteiger partial charge in [-0.1, -0.05) is 11.3 Å². The number of hydrogen-bond donors (Lipinski definition) is 2. The smallest absolute Gasteiger partial charge is 0.319 e. The molecule has 0 saturated carbocycles. The number of piperazine rings is 1. The third-order valence-electron chi connectivity index (χ3n) is 9.29. The first-order chi connectivity index (χ1) is 19.8. The van der Waals surface area contributed by atoms with Crippen molar-refractivity contribution in [1.29, 1.82) is 0 Å². The molecule has 0 aliphatic carbocycles. The second-order valence-corrected chi connectivity index (χ2v) is 12.9. The van der Waals surface area contributed by atoms with Crippen LogP contribution in [-0.4, -0.2) is 76.4 Å². The van der Waals surface area contributed by atoms with Crippen LogP contribution in [0.5, 0.6) is 6.01 Å². The first kappa shape index (κ1) is 25.5. The molecule has 4 saturated heterocycles. The van der Waals surface area contributed by atoms with Gasteiger partial charge in [0.05, 0.1) is 21.3 Å². The molecule has 2 aromatic carbocycles. The first-order valence-electron chi connectivity index (χ1n) is 14.2. The number of halogens is 3. The van der Waals surface area contributed by atoms with Gasteiger partial charge in [-0.15, -0.1) is 0 Å². The normalized spacial score (nSPS) is 27.8. The van der Waals surface area contributed by atoms with Gasteiger partial charge >= 0.3 is 6.01 Å². The standard InChI is InChI=1S/C29H30F3N7OS/c30-15-10-29(6-1-7-39(29)11-15)14-40-28-35-23-9-19(18-4-5-21(31)25-24(18)36-27(33)41-25)22(32)8-20(23)26(37-28)38-12-16-2-3-17(13-38)34-16/h4-5,8-9,15-17,34H,1-3,6-7,10-14H2,(H2,33,36)/t15-,16-,17+,29+/m1/s1. The Morgan fingerprint density at radius 2 is 1.88 bits per heavy atom. The maximum absolute atomic E-state index is 15.9. The highest BCUT2D eigenvalue weighted by atomic mass is 32.1. The van der Waals surface area contributed by atoms with Crippen molar-refractivity contribution in [3.63, 3.8) is 0 Å². The van der Waals surface area contributed by atoms with E-state index in [0.717, 1.165) is 56.7 Å². The van der Waals surface area contributed by atoms with Crippen LogP contribution >= 0.6 is 11.3 Å². The second kappa shape index (κ2) is 9.40. The SMILES string of the molecule is Nc1nc2c(-c3cc4nc(OC[C@@]56CCCN5C[C@H](F)C6)nc(N5C[C@H]6CC[C@@H](C5)N6)c4cc3F)ccc(F)c2s1. The van der Waals surface area contributed by atoms with E-state index in [1.807, 2.05) is 0 Å².